The number of nitrogens with zero attached hydrogens (tertiary/aromatic N) is 4. The molecule has 0 spiro atoms. The monoisotopic (exact) mass is 396 g/mol. The molecule has 2 aromatic heterocycles. The van der Waals surface area contributed by atoms with Gasteiger partial charge >= 0.3 is 0 Å². The molecule has 1 aromatic carbocycles. The Hall–Kier alpha value is -3.18. The number of hydrogen-bond acceptors (Lipinski definition) is 4. The topological polar surface area (TPSA) is 78.3 Å². The van der Waals surface area contributed by atoms with Crippen molar-refractivity contribution in [1.29, 1.82) is 0 Å². The van der Waals surface area contributed by atoms with Crippen LogP contribution in [0.5, 0.6) is 0 Å². The van der Waals surface area contributed by atoms with E-state index in [1.165, 1.54) is 6.07 Å². The quantitative estimate of drug-likeness (QED) is 0.600. The lowest BCUT2D eigenvalue weighted by atomic mass is 10.1. The summed E-state index contributed by atoms with van der Waals surface area (Å²) < 4.78 is 26.3. The second kappa shape index (κ2) is 7.82. The van der Waals surface area contributed by atoms with Gasteiger partial charge < -0.3 is 4.57 Å². The van der Waals surface area contributed by atoms with Crippen molar-refractivity contribution < 1.29 is 8.42 Å². The summed E-state index contributed by atoms with van der Waals surface area (Å²) in [6.45, 7) is 10.1. The van der Waals surface area contributed by atoms with Crippen molar-refractivity contribution in [3.8, 4) is 16.9 Å². The van der Waals surface area contributed by atoms with E-state index in [9.17, 15) is 13.2 Å². The highest BCUT2D eigenvalue weighted by molar-refractivity contribution is 7.89. The maximum absolute atomic E-state index is 11.9. The lowest BCUT2D eigenvalue weighted by molar-refractivity contribution is 0.601. The smallest absolute Gasteiger partial charge is 0.250 e. The highest BCUT2D eigenvalue weighted by Gasteiger charge is 2.12. The molecule has 3 rings (SSSR count). The summed E-state index contributed by atoms with van der Waals surface area (Å²) >= 11 is 0. The van der Waals surface area contributed by atoms with E-state index in [0.717, 1.165) is 18.4 Å². The van der Waals surface area contributed by atoms with Crippen LogP contribution in [0.25, 0.3) is 21.8 Å². The largest absolute Gasteiger partial charge is 0.313 e. The Labute approximate surface area is 163 Å². The van der Waals surface area contributed by atoms with Crippen molar-refractivity contribution >= 4 is 15.5 Å². The van der Waals surface area contributed by atoms with Crippen LogP contribution in [0.15, 0.2) is 53.6 Å². The zero-order valence-electron chi connectivity index (χ0n) is 15.7. The minimum absolute atomic E-state index is 0.0604. The molecule has 8 heteroatoms. The Morgan fingerprint density at radius 1 is 1.18 bits per heavy atom. The lowest BCUT2D eigenvalue weighted by Gasteiger charge is -2.07. The van der Waals surface area contributed by atoms with Gasteiger partial charge in [0.2, 0.25) is 0 Å². The first-order chi connectivity index (χ1) is 13.3. The minimum atomic E-state index is -3.17. The minimum Gasteiger partial charge on any atom is -0.313 e. The van der Waals surface area contributed by atoms with Gasteiger partial charge in [-0.1, -0.05) is 25.1 Å². The van der Waals surface area contributed by atoms with E-state index in [1.807, 2.05) is 6.92 Å². The summed E-state index contributed by atoms with van der Waals surface area (Å²) in [5.74, 6) is -0.108. The van der Waals surface area contributed by atoms with Crippen LogP contribution in [0.1, 0.15) is 18.9 Å². The summed E-state index contributed by atoms with van der Waals surface area (Å²) in [7, 11) is -3.17. The molecule has 7 nitrogen and oxygen atoms in total. The van der Waals surface area contributed by atoms with Gasteiger partial charge in [0.05, 0.1) is 23.7 Å². The predicted octanol–water partition coefficient (Wildman–Crippen LogP) is 3.21. The van der Waals surface area contributed by atoms with Gasteiger partial charge in [-0.2, -0.15) is 5.10 Å². The molecule has 0 saturated carbocycles. The van der Waals surface area contributed by atoms with Gasteiger partial charge in [0, 0.05) is 36.8 Å². The van der Waals surface area contributed by atoms with Crippen LogP contribution in [-0.4, -0.2) is 29.0 Å². The number of pyridine rings is 1. The van der Waals surface area contributed by atoms with E-state index >= 15 is 0 Å². The first-order valence-electron chi connectivity index (χ1n) is 8.76. The van der Waals surface area contributed by atoms with Crippen LogP contribution in [-0.2, 0) is 22.1 Å². The van der Waals surface area contributed by atoms with E-state index in [0.29, 0.717) is 29.1 Å². The number of benzene rings is 1. The van der Waals surface area contributed by atoms with Crippen molar-refractivity contribution in [3.63, 3.8) is 0 Å². The van der Waals surface area contributed by atoms with Gasteiger partial charge in [0.15, 0.2) is 15.5 Å². The first-order valence-corrected chi connectivity index (χ1v) is 10.8. The number of aromatic nitrogens is 3. The average molecular weight is 396 g/mol. The second-order valence-corrected chi connectivity index (χ2v) is 8.74. The molecule has 3 aromatic rings. The zero-order chi connectivity index (χ0) is 20.3. The molecule has 0 unspecified atom stereocenters. The fourth-order valence-corrected chi connectivity index (χ4v) is 3.75. The van der Waals surface area contributed by atoms with Crippen molar-refractivity contribution in [3.05, 3.63) is 76.1 Å². The Morgan fingerprint density at radius 2 is 1.96 bits per heavy atom. The second-order valence-electron chi connectivity index (χ2n) is 6.60. The van der Waals surface area contributed by atoms with Crippen molar-refractivity contribution in [2.45, 2.75) is 25.6 Å². The molecule has 144 valence electrons. The SMILES string of the molecule is [C-]#[N+]c1cc(CS(C)(=O)=O)ccc1-c1ccn(-c2ccc(=O)n(CCC)c2)n1. The molecule has 0 aliphatic rings. The van der Waals surface area contributed by atoms with E-state index < -0.39 is 9.84 Å². The van der Waals surface area contributed by atoms with Crippen LogP contribution >= 0.6 is 0 Å². The van der Waals surface area contributed by atoms with Gasteiger partial charge in [-0.3, -0.25) is 4.79 Å². The van der Waals surface area contributed by atoms with Gasteiger partial charge in [0.25, 0.3) is 5.56 Å². The van der Waals surface area contributed by atoms with Crippen molar-refractivity contribution in [2.75, 3.05) is 6.26 Å². The Bertz CT molecular complexity index is 1220. The van der Waals surface area contributed by atoms with Crippen molar-refractivity contribution in [2.24, 2.45) is 0 Å². The zero-order valence-corrected chi connectivity index (χ0v) is 16.5. The van der Waals surface area contributed by atoms with E-state index in [4.69, 9.17) is 6.57 Å². The third kappa shape index (κ3) is 4.38. The number of aryl methyl sites for hydroxylation is 1. The summed E-state index contributed by atoms with van der Waals surface area (Å²) in [4.78, 5) is 15.4. The van der Waals surface area contributed by atoms with Crippen LogP contribution in [0.3, 0.4) is 0 Å². The van der Waals surface area contributed by atoms with Crippen LogP contribution in [0, 0.1) is 6.57 Å². The van der Waals surface area contributed by atoms with Crippen LogP contribution < -0.4 is 5.56 Å². The summed E-state index contributed by atoms with van der Waals surface area (Å²) in [5.41, 5.74) is 2.84. The van der Waals surface area contributed by atoms with Crippen molar-refractivity contribution in [1.82, 2.24) is 14.3 Å². The Morgan fingerprint density at radius 3 is 2.64 bits per heavy atom. The molecule has 0 aliphatic heterocycles. The number of rotatable bonds is 6. The third-order valence-electron chi connectivity index (χ3n) is 4.17. The molecule has 0 radical (unpaired) electrons. The fourth-order valence-electron chi connectivity index (χ4n) is 2.96. The fraction of sp³-hybridized carbons (Fsp3) is 0.250. The standard InChI is InChI=1S/C20H20N4O3S/c1-4-10-23-13-16(6-8-20(23)25)24-11-9-18(22-24)17-7-5-15(12-19(17)21-2)14-28(3,26)27/h5-9,11-13H,4,10,14H2,1,3H3. The van der Waals surface area contributed by atoms with Gasteiger partial charge in [-0.05, 0) is 24.1 Å². The van der Waals surface area contributed by atoms with Gasteiger partial charge in [0.1, 0.15) is 0 Å². The summed E-state index contributed by atoms with van der Waals surface area (Å²) in [6.07, 6.45) is 5.54. The Balaban J connectivity index is 1.97. The van der Waals surface area contributed by atoms with Crippen LogP contribution in [0.2, 0.25) is 0 Å². The lowest BCUT2D eigenvalue weighted by Crippen LogP contribution is -2.19. The first kappa shape index (κ1) is 19.6. The molecule has 0 bridgehead atoms. The maximum Gasteiger partial charge on any atom is 0.250 e. The molecule has 0 amide bonds. The van der Waals surface area contributed by atoms with Gasteiger partial charge in [-0.25, -0.2) is 17.9 Å². The average Bonchev–Trinajstić information content (AvgIpc) is 3.12. The van der Waals surface area contributed by atoms with E-state index in [1.54, 1.807) is 52.0 Å². The van der Waals surface area contributed by atoms with Crippen LogP contribution in [0.4, 0.5) is 5.69 Å². The molecule has 0 N–H and O–H groups in total. The number of hydrogen-bond donors (Lipinski definition) is 0. The molecular weight excluding hydrogens is 376 g/mol. The molecule has 0 atom stereocenters. The number of sulfone groups is 1. The highest BCUT2D eigenvalue weighted by Crippen LogP contribution is 2.31. The predicted molar refractivity (Wildman–Crippen MR) is 108 cm³/mol. The maximum atomic E-state index is 11.9. The third-order valence-corrected chi connectivity index (χ3v) is 5.03. The normalized spacial score (nSPS) is 11.3. The molecule has 28 heavy (non-hydrogen) atoms. The molecular formula is C20H20N4O3S. The van der Waals surface area contributed by atoms with E-state index in [-0.39, 0.29) is 11.3 Å². The molecule has 0 fully saturated rings. The Kier molecular flexibility index (Phi) is 5.47. The van der Waals surface area contributed by atoms with E-state index in [2.05, 4.69) is 9.94 Å². The molecule has 0 aliphatic carbocycles. The summed E-state index contributed by atoms with van der Waals surface area (Å²) in [6, 6.07) is 10.0. The van der Waals surface area contributed by atoms with Gasteiger partial charge in [-0.15, -0.1) is 0 Å². The molecule has 0 saturated heterocycles. The highest BCUT2D eigenvalue weighted by atomic mass is 32.2. The molecule has 2 heterocycles. The summed E-state index contributed by atoms with van der Waals surface area (Å²) in [5, 5.41) is 4.53.